The summed E-state index contributed by atoms with van der Waals surface area (Å²) in [6, 6.07) is 0. The molecule has 4 aliphatic rings. The van der Waals surface area contributed by atoms with Crippen LogP contribution in [0.1, 0.15) is 65.7 Å². The lowest BCUT2D eigenvalue weighted by Gasteiger charge is -2.39. The number of hydrogen-bond donors (Lipinski definition) is 0. The fourth-order valence-corrected chi connectivity index (χ4v) is 6.85. The summed E-state index contributed by atoms with van der Waals surface area (Å²) < 4.78 is 15.7. The van der Waals surface area contributed by atoms with Crippen molar-refractivity contribution >= 4 is 23.9 Å². The van der Waals surface area contributed by atoms with E-state index < -0.39 is 40.8 Å². The molecule has 0 aromatic heterocycles. The summed E-state index contributed by atoms with van der Waals surface area (Å²) >= 11 is 0. The lowest BCUT2D eigenvalue weighted by molar-refractivity contribution is -0.165. The molecule has 0 amide bonds. The van der Waals surface area contributed by atoms with Gasteiger partial charge in [0.15, 0.2) is 0 Å². The molecule has 166 valence electrons. The monoisotopic (exact) mass is 420 g/mol. The first kappa shape index (κ1) is 21.3. The molecule has 8 atom stereocenters. The molecule has 4 rings (SSSR count). The van der Waals surface area contributed by atoms with Crippen molar-refractivity contribution in [1.82, 2.24) is 0 Å². The lowest BCUT2D eigenvalue weighted by atomic mass is 9.61. The number of fused-ring (bicyclic) bond motifs is 2. The predicted molar refractivity (Wildman–Crippen MR) is 105 cm³/mol. The second-order valence-electron chi connectivity index (χ2n) is 10.3. The summed E-state index contributed by atoms with van der Waals surface area (Å²) in [4.78, 5) is 50.4. The Morgan fingerprint density at radius 3 is 2.47 bits per heavy atom. The fraction of sp³-hybridized carbons (Fsp3) is 0.826. The Bertz CT molecular complexity index is 774. The van der Waals surface area contributed by atoms with E-state index in [0.717, 1.165) is 12.8 Å². The number of methoxy groups -OCH3 is 1. The van der Waals surface area contributed by atoms with Crippen LogP contribution in [0.5, 0.6) is 0 Å². The first-order valence-electron chi connectivity index (χ1n) is 11.2. The molecule has 30 heavy (non-hydrogen) atoms. The molecule has 8 unspecified atom stereocenters. The average Bonchev–Trinajstić information content (AvgIpc) is 3.44. The van der Waals surface area contributed by atoms with Crippen LogP contribution < -0.4 is 0 Å². The van der Waals surface area contributed by atoms with E-state index in [0.29, 0.717) is 37.0 Å². The van der Waals surface area contributed by atoms with Gasteiger partial charge in [-0.05, 0) is 76.0 Å². The summed E-state index contributed by atoms with van der Waals surface area (Å²) in [5.41, 5.74) is -1.89. The number of ether oxygens (including phenoxy) is 3. The van der Waals surface area contributed by atoms with E-state index in [9.17, 15) is 19.2 Å². The number of rotatable bonds is 6. The van der Waals surface area contributed by atoms with Crippen LogP contribution in [0.4, 0.5) is 0 Å². The first-order valence-corrected chi connectivity index (χ1v) is 11.2. The molecule has 0 radical (unpaired) electrons. The minimum Gasteiger partial charge on any atom is -0.469 e. The highest BCUT2D eigenvalue weighted by Crippen LogP contribution is 2.59. The SMILES string of the molecule is COC(=O)C(C)(CCC1(C)CCC(=O)O1)C1C(=O)OC(=O)C1C1C2CCC(C2)C1C. The fourth-order valence-electron chi connectivity index (χ4n) is 6.85. The van der Waals surface area contributed by atoms with E-state index in [2.05, 4.69) is 6.92 Å². The van der Waals surface area contributed by atoms with Gasteiger partial charge in [-0.25, -0.2) is 0 Å². The molecule has 0 aromatic carbocycles. The summed E-state index contributed by atoms with van der Waals surface area (Å²) in [5.74, 6) is -2.03. The van der Waals surface area contributed by atoms with E-state index in [1.807, 2.05) is 6.92 Å². The van der Waals surface area contributed by atoms with Gasteiger partial charge in [-0.1, -0.05) is 6.92 Å². The lowest BCUT2D eigenvalue weighted by Crippen LogP contribution is -2.47. The van der Waals surface area contributed by atoms with Crippen LogP contribution in [0.15, 0.2) is 0 Å². The summed E-state index contributed by atoms with van der Waals surface area (Å²) in [7, 11) is 1.30. The third kappa shape index (κ3) is 3.25. The molecular weight excluding hydrogens is 388 g/mol. The van der Waals surface area contributed by atoms with Gasteiger partial charge >= 0.3 is 23.9 Å². The van der Waals surface area contributed by atoms with Crippen molar-refractivity contribution in [3.63, 3.8) is 0 Å². The van der Waals surface area contributed by atoms with E-state index in [-0.39, 0.29) is 18.3 Å². The molecule has 0 aromatic rings. The Hall–Kier alpha value is -1.92. The molecule has 0 spiro atoms. The second kappa shape index (κ2) is 7.34. The van der Waals surface area contributed by atoms with Crippen LogP contribution >= 0.6 is 0 Å². The minimum atomic E-state index is -1.22. The Labute approximate surface area is 177 Å². The number of cyclic esters (lactones) is 3. The quantitative estimate of drug-likeness (QED) is 0.370. The van der Waals surface area contributed by atoms with Gasteiger partial charge < -0.3 is 14.2 Å². The van der Waals surface area contributed by atoms with Crippen molar-refractivity contribution in [2.75, 3.05) is 7.11 Å². The van der Waals surface area contributed by atoms with Crippen molar-refractivity contribution in [3.05, 3.63) is 0 Å². The second-order valence-corrected chi connectivity index (χ2v) is 10.3. The van der Waals surface area contributed by atoms with Crippen molar-refractivity contribution in [2.45, 2.75) is 71.3 Å². The highest BCUT2D eigenvalue weighted by molar-refractivity contribution is 6.00. The maximum atomic E-state index is 13.0. The van der Waals surface area contributed by atoms with Crippen LogP contribution in [0.3, 0.4) is 0 Å². The van der Waals surface area contributed by atoms with Crippen LogP contribution in [0.2, 0.25) is 0 Å². The van der Waals surface area contributed by atoms with Crippen molar-refractivity contribution < 1.29 is 33.4 Å². The molecule has 7 heteroatoms. The third-order valence-electron chi connectivity index (χ3n) is 8.64. The number of carbonyl (C=O) groups excluding carboxylic acids is 4. The van der Waals surface area contributed by atoms with Gasteiger partial charge in [-0.3, -0.25) is 19.2 Å². The number of esters is 4. The van der Waals surface area contributed by atoms with E-state index in [1.165, 1.54) is 13.5 Å². The van der Waals surface area contributed by atoms with Crippen LogP contribution in [0, 0.1) is 40.9 Å². The van der Waals surface area contributed by atoms with Gasteiger partial charge in [0.2, 0.25) is 0 Å². The molecule has 2 saturated carbocycles. The topological polar surface area (TPSA) is 96.0 Å². The zero-order chi connectivity index (χ0) is 21.8. The number of carbonyl (C=O) groups is 4. The van der Waals surface area contributed by atoms with Crippen LogP contribution in [0.25, 0.3) is 0 Å². The standard InChI is InChI=1S/C23H32O7/c1-12-13-5-6-14(11-13)16(12)17-18(20(26)29-19(17)25)23(3,21(27)28-4)10-9-22(2)8-7-15(24)30-22/h12-14,16-18H,5-11H2,1-4H3. The van der Waals surface area contributed by atoms with E-state index in [1.54, 1.807) is 6.92 Å². The average molecular weight is 421 g/mol. The molecule has 2 bridgehead atoms. The van der Waals surface area contributed by atoms with Gasteiger partial charge in [0.05, 0.1) is 24.4 Å². The van der Waals surface area contributed by atoms with E-state index >= 15 is 0 Å². The summed E-state index contributed by atoms with van der Waals surface area (Å²) in [5, 5.41) is 0. The summed E-state index contributed by atoms with van der Waals surface area (Å²) in [6.45, 7) is 5.72. The third-order valence-corrected chi connectivity index (χ3v) is 8.64. The number of hydrogen-bond acceptors (Lipinski definition) is 7. The van der Waals surface area contributed by atoms with Gasteiger partial charge in [0.25, 0.3) is 0 Å². The maximum Gasteiger partial charge on any atom is 0.318 e. The summed E-state index contributed by atoms with van der Waals surface area (Å²) in [6.07, 6.45) is 4.93. The minimum absolute atomic E-state index is 0.0524. The van der Waals surface area contributed by atoms with Crippen molar-refractivity contribution in [2.24, 2.45) is 40.9 Å². The molecule has 4 fully saturated rings. The zero-order valence-corrected chi connectivity index (χ0v) is 18.3. The van der Waals surface area contributed by atoms with Gasteiger partial charge in [-0.15, -0.1) is 0 Å². The highest BCUT2D eigenvalue weighted by Gasteiger charge is 2.63. The molecule has 2 saturated heterocycles. The molecule has 2 aliphatic carbocycles. The highest BCUT2D eigenvalue weighted by atomic mass is 16.6. The van der Waals surface area contributed by atoms with Crippen LogP contribution in [-0.4, -0.2) is 36.6 Å². The Balaban J connectivity index is 1.64. The smallest absolute Gasteiger partial charge is 0.318 e. The molecule has 7 nitrogen and oxygen atoms in total. The van der Waals surface area contributed by atoms with Gasteiger partial charge in [-0.2, -0.15) is 0 Å². The largest absolute Gasteiger partial charge is 0.469 e. The molecule has 0 N–H and O–H groups in total. The predicted octanol–water partition coefficient (Wildman–Crippen LogP) is 3.04. The Morgan fingerprint density at radius 2 is 1.90 bits per heavy atom. The van der Waals surface area contributed by atoms with E-state index in [4.69, 9.17) is 14.2 Å². The zero-order valence-electron chi connectivity index (χ0n) is 18.3. The first-order chi connectivity index (χ1) is 14.1. The van der Waals surface area contributed by atoms with Crippen molar-refractivity contribution in [3.8, 4) is 0 Å². The van der Waals surface area contributed by atoms with Crippen molar-refractivity contribution in [1.29, 1.82) is 0 Å². The molecular formula is C23H32O7. The Morgan fingerprint density at radius 1 is 1.20 bits per heavy atom. The Kier molecular flexibility index (Phi) is 5.22. The van der Waals surface area contributed by atoms with Gasteiger partial charge in [0.1, 0.15) is 5.60 Å². The molecule has 2 heterocycles. The van der Waals surface area contributed by atoms with Gasteiger partial charge in [0, 0.05) is 6.42 Å². The molecule has 2 aliphatic heterocycles. The maximum absolute atomic E-state index is 13.0. The van der Waals surface area contributed by atoms with Crippen LogP contribution in [-0.2, 0) is 33.4 Å². The normalized spacial score (nSPS) is 42.2.